The van der Waals surface area contributed by atoms with Gasteiger partial charge in [0.25, 0.3) is 0 Å². The summed E-state index contributed by atoms with van der Waals surface area (Å²) < 4.78 is 4.19. The molecule has 3 aromatic carbocycles. The Balaban J connectivity index is 1.77. The molecule has 0 radical (unpaired) electrons. The zero-order chi connectivity index (χ0) is 27.0. The van der Waals surface area contributed by atoms with E-state index in [-0.39, 0.29) is 11.5 Å². The molecule has 2 N–H and O–H groups in total. The highest BCUT2D eigenvalue weighted by Crippen LogP contribution is 2.35. The van der Waals surface area contributed by atoms with Crippen molar-refractivity contribution in [1.29, 1.82) is 0 Å². The van der Waals surface area contributed by atoms with E-state index in [2.05, 4.69) is 31.3 Å². The van der Waals surface area contributed by atoms with Gasteiger partial charge in [0.05, 0.1) is 22.4 Å². The van der Waals surface area contributed by atoms with Crippen molar-refractivity contribution < 1.29 is 15.0 Å². The third-order valence-electron chi connectivity index (χ3n) is 7.07. The van der Waals surface area contributed by atoms with E-state index in [0.717, 1.165) is 76.5 Å². The van der Waals surface area contributed by atoms with E-state index in [4.69, 9.17) is 0 Å². The number of para-hydroxylation sites is 1. The minimum absolute atomic E-state index is 0.215. The van der Waals surface area contributed by atoms with Crippen LogP contribution in [0.25, 0.3) is 33.2 Å². The summed E-state index contributed by atoms with van der Waals surface area (Å²) >= 11 is 0. The lowest BCUT2D eigenvalue weighted by Crippen LogP contribution is -2.15. The van der Waals surface area contributed by atoms with Gasteiger partial charge in [0.1, 0.15) is 11.5 Å². The van der Waals surface area contributed by atoms with Crippen LogP contribution in [-0.2, 0) is 12.8 Å². The Labute approximate surface area is 222 Å². The molecule has 0 spiro atoms. The van der Waals surface area contributed by atoms with Gasteiger partial charge in [-0.15, -0.1) is 0 Å². The quantitative estimate of drug-likeness (QED) is 0.273. The number of hydrogen-bond donors (Lipinski definition) is 2. The first kappa shape index (κ1) is 25.6. The Hall–Kier alpha value is -4.07. The molecular weight excluding hydrogens is 476 g/mol. The van der Waals surface area contributed by atoms with Crippen molar-refractivity contribution in [3.05, 3.63) is 83.7 Å². The molecule has 0 aliphatic rings. The summed E-state index contributed by atoms with van der Waals surface area (Å²) in [6.45, 7) is 1.73. The lowest BCUT2D eigenvalue weighted by atomic mass is 10.1. The molecule has 0 aliphatic heterocycles. The Morgan fingerprint density at radius 2 is 1.26 bits per heavy atom. The van der Waals surface area contributed by atoms with Gasteiger partial charge in [0.15, 0.2) is 6.29 Å². The number of carbonyl (C=O) groups is 1. The Bertz CT molecular complexity index is 1630. The normalized spacial score (nSPS) is 11.8. The molecule has 0 aliphatic carbocycles. The maximum atomic E-state index is 12.4. The fourth-order valence-electron chi connectivity index (χ4n) is 5.14. The second-order valence-electron chi connectivity index (χ2n) is 10.4. The zero-order valence-corrected chi connectivity index (χ0v) is 22.3. The molecule has 0 unspecified atom stereocenters. The number of phenols is 2. The van der Waals surface area contributed by atoms with E-state index >= 15 is 0 Å². The predicted molar refractivity (Wildman–Crippen MR) is 153 cm³/mol. The van der Waals surface area contributed by atoms with Crippen molar-refractivity contribution in [3.63, 3.8) is 0 Å². The maximum Gasteiger partial charge on any atom is 0.152 e. The molecule has 2 heterocycles. The molecule has 0 atom stereocenters. The van der Waals surface area contributed by atoms with Gasteiger partial charge in [-0.1, -0.05) is 6.07 Å². The largest absolute Gasteiger partial charge is 0.508 e. The van der Waals surface area contributed by atoms with Crippen LogP contribution < -0.4 is 0 Å². The first-order valence-electron chi connectivity index (χ1n) is 12.8. The third kappa shape index (κ3) is 4.78. The molecular formula is C31H34N4O3. The van der Waals surface area contributed by atoms with E-state index < -0.39 is 0 Å². The third-order valence-corrected chi connectivity index (χ3v) is 7.07. The summed E-state index contributed by atoms with van der Waals surface area (Å²) in [6, 6.07) is 16.6. The minimum atomic E-state index is 0.215. The zero-order valence-electron chi connectivity index (χ0n) is 22.3. The van der Waals surface area contributed by atoms with E-state index in [0.29, 0.717) is 5.56 Å². The van der Waals surface area contributed by atoms with Crippen LogP contribution in [0, 0.1) is 0 Å². The number of rotatable bonds is 9. The van der Waals surface area contributed by atoms with Gasteiger partial charge in [-0.3, -0.25) is 4.79 Å². The average molecular weight is 511 g/mol. The first-order valence-corrected chi connectivity index (χ1v) is 12.8. The van der Waals surface area contributed by atoms with E-state index in [1.54, 1.807) is 18.2 Å². The van der Waals surface area contributed by atoms with E-state index in [9.17, 15) is 15.0 Å². The number of likely N-dealkylation sites (N-methyl/N-ethyl adjacent to an activating group) is 2. The summed E-state index contributed by atoms with van der Waals surface area (Å²) in [4.78, 5) is 16.7. The summed E-state index contributed by atoms with van der Waals surface area (Å²) in [7, 11) is 8.18. The standard InChI is InChI=1S/C31H34N4O3/c1-32(2)14-12-21-18-34(28-10-8-24(37)16-26(21)28)30-7-5-6-23(20-36)31(30)35-19-22(13-15-33(3)4)27-17-25(38)9-11-29(27)35/h5-11,16-20,37-38H,12-15H2,1-4H3. The monoisotopic (exact) mass is 510 g/mol. The number of aldehydes is 1. The second-order valence-corrected chi connectivity index (χ2v) is 10.4. The van der Waals surface area contributed by atoms with Crippen LogP contribution in [0.5, 0.6) is 11.5 Å². The van der Waals surface area contributed by atoms with Gasteiger partial charge in [-0.2, -0.15) is 0 Å². The number of aromatic nitrogens is 2. The van der Waals surface area contributed by atoms with Crippen molar-refractivity contribution in [2.24, 2.45) is 0 Å². The number of phenolic OH excluding ortho intramolecular Hbond substituents is 2. The fourth-order valence-corrected chi connectivity index (χ4v) is 5.14. The second kappa shape index (κ2) is 10.4. The highest BCUT2D eigenvalue weighted by molar-refractivity contribution is 5.93. The Morgan fingerprint density at radius 3 is 1.79 bits per heavy atom. The summed E-state index contributed by atoms with van der Waals surface area (Å²) in [5.74, 6) is 0.442. The smallest absolute Gasteiger partial charge is 0.152 e. The Morgan fingerprint density at radius 1 is 0.737 bits per heavy atom. The van der Waals surface area contributed by atoms with Crippen LogP contribution in [-0.4, -0.2) is 76.7 Å². The van der Waals surface area contributed by atoms with Crippen LogP contribution in [0.1, 0.15) is 21.5 Å². The van der Waals surface area contributed by atoms with Crippen molar-refractivity contribution in [2.45, 2.75) is 12.8 Å². The van der Waals surface area contributed by atoms with Gasteiger partial charge in [0, 0.05) is 41.8 Å². The molecule has 0 bridgehead atoms. The van der Waals surface area contributed by atoms with E-state index in [1.807, 2.05) is 64.6 Å². The molecule has 2 aromatic heterocycles. The lowest BCUT2D eigenvalue weighted by molar-refractivity contribution is 0.112. The van der Waals surface area contributed by atoms with Crippen molar-refractivity contribution >= 4 is 28.1 Å². The van der Waals surface area contributed by atoms with Gasteiger partial charge >= 0.3 is 0 Å². The lowest BCUT2D eigenvalue weighted by Gasteiger charge is -2.16. The SMILES string of the molecule is CN(C)CCc1cn(-c2cccc(C=O)c2-n2cc(CCN(C)C)c3cc(O)ccc32)c2ccc(O)cc12. The molecule has 5 rings (SSSR count). The fraction of sp³-hybridized carbons (Fsp3) is 0.258. The van der Waals surface area contributed by atoms with Crippen LogP contribution in [0.15, 0.2) is 67.0 Å². The summed E-state index contributed by atoms with van der Waals surface area (Å²) in [5, 5.41) is 22.5. The van der Waals surface area contributed by atoms with Crippen LogP contribution >= 0.6 is 0 Å². The average Bonchev–Trinajstić information content (AvgIpc) is 3.43. The highest BCUT2D eigenvalue weighted by Gasteiger charge is 2.20. The molecule has 0 saturated carbocycles. The summed E-state index contributed by atoms with van der Waals surface area (Å²) in [6.07, 6.45) is 6.73. The van der Waals surface area contributed by atoms with Crippen LogP contribution in [0.2, 0.25) is 0 Å². The van der Waals surface area contributed by atoms with Gasteiger partial charge < -0.3 is 29.1 Å². The highest BCUT2D eigenvalue weighted by atomic mass is 16.3. The Kier molecular flexibility index (Phi) is 6.97. The number of hydrogen-bond acceptors (Lipinski definition) is 5. The van der Waals surface area contributed by atoms with Crippen molar-refractivity contribution in [1.82, 2.24) is 18.9 Å². The van der Waals surface area contributed by atoms with Gasteiger partial charge in [-0.05, 0) is 101 Å². The topological polar surface area (TPSA) is 73.9 Å². The van der Waals surface area contributed by atoms with Crippen molar-refractivity contribution in [2.75, 3.05) is 41.3 Å². The number of benzene rings is 3. The molecule has 0 fully saturated rings. The van der Waals surface area contributed by atoms with Crippen LogP contribution in [0.3, 0.4) is 0 Å². The molecule has 196 valence electrons. The van der Waals surface area contributed by atoms with Crippen LogP contribution in [0.4, 0.5) is 0 Å². The van der Waals surface area contributed by atoms with Crippen molar-refractivity contribution in [3.8, 4) is 22.9 Å². The minimum Gasteiger partial charge on any atom is -0.508 e. The predicted octanol–water partition coefficient (Wildman–Crippen LogP) is 5.01. The number of fused-ring (bicyclic) bond motifs is 2. The number of aromatic hydroxyl groups is 2. The molecule has 0 amide bonds. The van der Waals surface area contributed by atoms with Gasteiger partial charge in [-0.25, -0.2) is 0 Å². The summed E-state index contributed by atoms with van der Waals surface area (Å²) in [5.41, 5.74) is 6.33. The molecule has 7 nitrogen and oxygen atoms in total. The van der Waals surface area contributed by atoms with Gasteiger partial charge in [0.2, 0.25) is 0 Å². The first-order chi connectivity index (χ1) is 18.3. The molecule has 38 heavy (non-hydrogen) atoms. The molecule has 7 heteroatoms. The number of nitrogens with zero attached hydrogens (tertiary/aromatic N) is 4. The van der Waals surface area contributed by atoms with E-state index in [1.165, 1.54) is 0 Å². The molecule has 5 aromatic rings. The number of carbonyl (C=O) groups excluding carboxylic acids is 1. The maximum absolute atomic E-state index is 12.4. The molecule has 0 saturated heterocycles.